The van der Waals surface area contributed by atoms with E-state index in [0.29, 0.717) is 5.56 Å². The lowest BCUT2D eigenvalue weighted by atomic mass is 9.67. The number of ether oxygens (including phenoxy) is 1. The SMILES string of the molecule is C[C@]1(O)[C@@H](CCOC(=O)c2ccccc2)C(=O)N[C@]1(CO)[C@H](O)C1CCCCC1. The second-order valence-electron chi connectivity index (χ2n) is 8.45. The molecule has 2 fully saturated rings. The third kappa shape index (κ3) is 4.04. The van der Waals surface area contributed by atoms with Gasteiger partial charge in [0, 0.05) is 0 Å². The van der Waals surface area contributed by atoms with Crippen molar-refractivity contribution in [1.29, 1.82) is 0 Å². The van der Waals surface area contributed by atoms with Crippen LogP contribution in [-0.2, 0) is 9.53 Å². The van der Waals surface area contributed by atoms with Crippen LogP contribution in [0.5, 0.6) is 0 Å². The number of rotatable bonds is 7. The Morgan fingerprint density at radius 2 is 1.90 bits per heavy atom. The molecule has 29 heavy (non-hydrogen) atoms. The molecule has 1 amide bonds. The number of nitrogens with one attached hydrogen (secondary N) is 1. The van der Waals surface area contributed by atoms with Crippen molar-refractivity contribution in [1.82, 2.24) is 5.32 Å². The van der Waals surface area contributed by atoms with Gasteiger partial charge >= 0.3 is 5.97 Å². The molecule has 1 aromatic carbocycles. The lowest BCUT2D eigenvalue weighted by Gasteiger charge is -2.46. The highest BCUT2D eigenvalue weighted by molar-refractivity contribution is 5.89. The predicted molar refractivity (Wildman–Crippen MR) is 106 cm³/mol. The zero-order valence-electron chi connectivity index (χ0n) is 16.8. The molecule has 1 aliphatic carbocycles. The maximum Gasteiger partial charge on any atom is 0.338 e. The first-order chi connectivity index (χ1) is 13.8. The van der Waals surface area contributed by atoms with Crippen LogP contribution in [0.4, 0.5) is 0 Å². The fraction of sp³-hybridized carbons (Fsp3) is 0.636. The summed E-state index contributed by atoms with van der Waals surface area (Å²) in [6.45, 7) is 0.851. The monoisotopic (exact) mass is 405 g/mol. The summed E-state index contributed by atoms with van der Waals surface area (Å²) < 4.78 is 5.26. The van der Waals surface area contributed by atoms with Crippen LogP contribution in [0.1, 0.15) is 55.8 Å². The normalized spacial score (nSPS) is 31.3. The first-order valence-corrected chi connectivity index (χ1v) is 10.4. The summed E-state index contributed by atoms with van der Waals surface area (Å²) in [5.74, 6) is -1.94. The van der Waals surface area contributed by atoms with E-state index in [0.717, 1.165) is 32.1 Å². The molecule has 160 valence electrons. The van der Waals surface area contributed by atoms with Gasteiger partial charge in [0.05, 0.1) is 30.8 Å². The first-order valence-electron chi connectivity index (χ1n) is 10.4. The lowest BCUT2D eigenvalue weighted by molar-refractivity contribution is -0.132. The summed E-state index contributed by atoms with van der Waals surface area (Å²) in [5.41, 5.74) is -2.80. The van der Waals surface area contributed by atoms with E-state index < -0.39 is 41.6 Å². The number of esters is 1. The van der Waals surface area contributed by atoms with Crippen LogP contribution in [0, 0.1) is 11.8 Å². The summed E-state index contributed by atoms with van der Waals surface area (Å²) in [7, 11) is 0. The zero-order chi connectivity index (χ0) is 21.1. The number of carbonyl (C=O) groups is 2. The van der Waals surface area contributed by atoms with E-state index in [-0.39, 0.29) is 18.9 Å². The van der Waals surface area contributed by atoms with Gasteiger partial charge in [-0.25, -0.2) is 4.79 Å². The van der Waals surface area contributed by atoms with Crippen molar-refractivity contribution in [2.24, 2.45) is 11.8 Å². The third-order valence-corrected chi connectivity index (χ3v) is 6.74. The van der Waals surface area contributed by atoms with E-state index in [2.05, 4.69) is 5.32 Å². The van der Waals surface area contributed by atoms with Crippen molar-refractivity contribution in [3.05, 3.63) is 35.9 Å². The van der Waals surface area contributed by atoms with Crippen LogP contribution in [0.3, 0.4) is 0 Å². The average molecular weight is 405 g/mol. The van der Waals surface area contributed by atoms with Crippen LogP contribution in [-0.4, -0.2) is 57.7 Å². The molecular weight excluding hydrogens is 374 g/mol. The average Bonchev–Trinajstić information content (AvgIpc) is 2.94. The molecule has 4 N–H and O–H groups in total. The Morgan fingerprint density at radius 1 is 1.24 bits per heavy atom. The molecule has 4 atom stereocenters. The van der Waals surface area contributed by atoms with Crippen LogP contribution in [0.25, 0.3) is 0 Å². The van der Waals surface area contributed by atoms with Crippen LogP contribution < -0.4 is 5.32 Å². The Kier molecular flexibility index (Phi) is 6.61. The molecule has 7 heteroatoms. The maximum absolute atomic E-state index is 12.7. The van der Waals surface area contributed by atoms with Crippen LogP contribution >= 0.6 is 0 Å². The maximum atomic E-state index is 12.7. The first kappa shape index (κ1) is 21.7. The highest BCUT2D eigenvalue weighted by atomic mass is 16.5. The summed E-state index contributed by atoms with van der Waals surface area (Å²) in [5, 5.41) is 35.1. The van der Waals surface area contributed by atoms with Crippen molar-refractivity contribution >= 4 is 11.9 Å². The Morgan fingerprint density at radius 3 is 2.52 bits per heavy atom. The Hall–Kier alpha value is -1.96. The van der Waals surface area contributed by atoms with E-state index in [4.69, 9.17) is 4.74 Å². The number of aliphatic hydroxyl groups excluding tert-OH is 2. The minimum absolute atomic E-state index is 0.0526. The quantitative estimate of drug-likeness (QED) is 0.510. The molecule has 0 spiro atoms. The van der Waals surface area contributed by atoms with E-state index in [1.54, 1.807) is 30.3 Å². The lowest BCUT2D eigenvalue weighted by Crippen LogP contribution is -2.68. The van der Waals surface area contributed by atoms with Crippen molar-refractivity contribution in [2.45, 2.75) is 62.7 Å². The molecule has 0 aromatic heterocycles. The van der Waals surface area contributed by atoms with Gasteiger partial charge in [-0.1, -0.05) is 37.5 Å². The highest BCUT2D eigenvalue weighted by Crippen LogP contribution is 2.44. The van der Waals surface area contributed by atoms with Gasteiger partial charge in [-0.2, -0.15) is 0 Å². The van der Waals surface area contributed by atoms with Crippen LogP contribution in [0.15, 0.2) is 30.3 Å². The van der Waals surface area contributed by atoms with Gasteiger partial charge in [0.2, 0.25) is 5.91 Å². The topological polar surface area (TPSA) is 116 Å². The minimum atomic E-state index is -1.69. The highest BCUT2D eigenvalue weighted by Gasteiger charge is 2.64. The molecular formula is C22H31NO6. The van der Waals surface area contributed by atoms with E-state index in [1.165, 1.54) is 6.92 Å². The third-order valence-electron chi connectivity index (χ3n) is 6.74. The van der Waals surface area contributed by atoms with Crippen molar-refractivity contribution < 1.29 is 29.6 Å². The molecule has 7 nitrogen and oxygen atoms in total. The number of aliphatic hydroxyl groups is 3. The fourth-order valence-corrected chi connectivity index (χ4v) is 4.86. The summed E-state index contributed by atoms with van der Waals surface area (Å²) >= 11 is 0. The van der Waals surface area contributed by atoms with Gasteiger partial charge < -0.3 is 25.4 Å². The Labute approximate surface area is 171 Å². The largest absolute Gasteiger partial charge is 0.462 e. The summed E-state index contributed by atoms with van der Waals surface area (Å²) in [6, 6.07) is 8.53. The Balaban J connectivity index is 1.68. The number of benzene rings is 1. The molecule has 1 aromatic rings. The second-order valence-corrected chi connectivity index (χ2v) is 8.45. The molecule has 2 aliphatic rings. The zero-order valence-corrected chi connectivity index (χ0v) is 16.8. The van der Waals surface area contributed by atoms with Crippen LogP contribution in [0.2, 0.25) is 0 Å². The van der Waals surface area contributed by atoms with Crippen molar-refractivity contribution in [2.75, 3.05) is 13.2 Å². The molecule has 1 aliphatic heterocycles. The van der Waals surface area contributed by atoms with Crippen molar-refractivity contribution in [3.8, 4) is 0 Å². The Bertz CT molecular complexity index is 715. The molecule has 1 heterocycles. The molecule has 1 saturated carbocycles. The smallest absolute Gasteiger partial charge is 0.338 e. The van der Waals surface area contributed by atoms with E-state index >= 15 is 0 Å². The van der Waals surface area contributed by atoms with Gasteiger partial charge in [0.25, 0.3) is 0 Å². The van der Waals surface area contributed by atoms with Gasteiger partial charge in [-0.15, -0.1) is 0 Å². The standard InChI is InChI=1S/C22H31NO6/c1-21(28)17(12-13-29-20(27)16-10-6-3-7-11-16)19(26)23-22(21,14-24)18(25)15-8-4-2-5-9-15/h3,6-7,10-11,15,17-18,24-25,28H,2,4-5,8-9,12-14H2,1H3,(H,23,26)/t17-,18+,21-,22+/m0/s1. The summed E-state index contributed by atoms with van der Waals surface area (Å²) in [4.78, 5) is 24.8. The predicted octanol–water partition coefficient (Wildman–Crippen LogP) is 1.40. The fourth-order valence-electron chi connectivity index (χ4n) is 4.86. The van der Waals surface area contributed by atoms with Gasteiger partial charge in [-0.05, 0) is 44.2 Å². The molecule has 0 bridgehead atoms. The van der Waals surface area contributed by atoms with E-state index in [1.807, 2.05) is 0 Å². The van der Waals surface area contributed by atoms with Crippen molar-refractivity contribution in [3.63, 3.8) is 0 Å². The minimum Gasteiger partial charge on any atom is -0.462 e. The molecule has 1 saturated heterocycles. The number of hydrogen-bond donors (Lipinski definition) is 4. The molecule has 0 radical (unpaired) electrons. The molecule has 0 unspecified atom stereocenters. The number of amides is 1. The number of carbonyl (C=O) groups excluding carboxylic acids is 2. The number of hydrogen-bond acceptors (Lipinski definition) is 6. The van der Waals surface area contributed by atoms with Gasteiger partial charge in [0.15, 0.2) is 0 Å². The second kappa shape index (κ2) is 8.81. The van der Waals surface area contributed by atoms with Gasteiger partial charge in [-0.3, -0.25) is 4.79 Å². The summed E-state index contributed by atoms with van der Waals surface area (Å²) in [6.07, 6.45) is 3.71. The van der Waals surface area contributed by atoms with E-state index in [9.17, 15) is 24.9 Å². The van der Waals surface area contributed by atoms with Gasteiger partial charge in [0.1, 0.15) is 11.1 Å². The molecule has 3 rings (SSSR count).